The summed E-state index contributed by atoms with van der Waals surface area (Å²) in [6.45, 7) is -0.107. The van der Waals surface area contributed by atoms with Gasteiger partial charge in [-0.25, -0.2) is 4.98 Å². The van der Waals surface area contributed by atoms with Gasteiger partial charge in [0.25, 0.3) is 0 Å². The Hall–Kier alpha value is -1.31. The molecule has 1 atom stereocenters. The summed E-state index contributed by atoms with van der Waals surface area (Å²) in [6, 6.07) is -0.276. The lowest BCUT2D eigenvalue weighted by Crippen LogP contribution is -2.16. The van der Waals surface area contributed by atoms with Crippen molar-refractivity contribution in [2.45, 2.75) is 12.5 Å². The van der Waals surface area contributed by atoms with Gasteiger partial charge in [-0.3, -0.25) is 4.68 Å². The van der Waals surface area contributed by atoms with Crippen LogP contribution in [-0.2, 0) is 0 Å². The number of aromatic nitrogens is 4. The Bertz CT molecular complexity index is 536. The normalized spacial score (nSPS) is 13.1. The number of nitrogens with zero attached hydrogens (tertiary/aromatic N) is 3. The molecule has 6 nitrogen and oxygen atoms in total. The smallest absolute Gasteiger partial charge is 0.155 e. The van der Waals surface area contributed by atoms with Crippen LogP contribution in [0.4, 0.5) is 0 Å². The van der Waals surface area contributed by atoms with E-state index in [1.165, 1.54) is 6.33 Å². The molecule has 0 aliphatic heterocycles. The van der Waals surface area contributed by atoms with Gasteiger partial charge in [-0.15, -0.1) is 0 Å². The van der Waals surface area contributed by atoms with E-state index in [-0.39, 0.29) is 19.3 Å². The largest absolute Gasteiger partial charge is 0.396 e. The van der Waals surface area contributed by atoms with Crippen LogP contribution in [0.3, 0.4) is 0 Å². The van der Waals surface area contributed by atoms with Gasteiger partial charge in [0.15, 0.2) is 4.64 Å². The number of hydrogen-bond acceptors (Lipinski definition) is 5. The number of H-pyrrole nitrogens is 1. The molecule has 0 spiro atoms. The minimum absolute atomic E-state index is 0.0106. The molecule has 1 unspecified atom stereocenters. The molecule has 0 bridgehead atoms. The SMILES string of the molecule is OCCC(CO)n1ncc2[nH]cnc(=S)c21. The van der Waals surface area contributed by atoms with Crippen LogP contribution in [0.2, 0.25) is 0 Å². The van der Waals surface area contributed by atoms with E-state index in [1.807, 2.05) is 0 Å². The molecule has 86 valence electrons. The van der Waals surface area contributed by atoms with Crippen LogP contribution in [0.1, 0.15) is 12.5 Å². The summed E-state index contributed by atoms with van der Waals surface area (Å²) in [7, 11) is 0. The Kier molecular flexibility index (Phi) is 3.28. The van der Waals surface area contributed by atoms with Gasteiger partial charge in [0.1, 0.15) is 5.52 Å². The first kappa shape index (κ1) is 11.2. The number of rotatable bonds is 4. The highest BCUT2D eigenvalue weighted by atomic mass is 32.1. The summed E-state index contributed by atoms with van der Waals surface area (Å²) >= 11 is 5.11. The highest BCUT2D eigenvalue weighted by molar-refractivity contribution is 7.71. The highest BCUT2D eigenvalue weighted by Gasteiger charge is 2.14. The summed E-state index contributed by atoms with van der Waals surface area (Å²) in [6.07, 6.45) is 3.57. The van der Waals surface area contributed by atoms with Crippen LogP contribution in [0.25, 0.3) is 11.0 Å². The van der Waals surface area contributed by atoms with Crippen LogP contribution in [-0.4, -0.2) is 43.2 Å². The van der Waals surface area contributed by atoms with E-state index in [0.29, 0.717) is 16.6 Å². The number of nitrogens with one attached hydrogen (secondary N) is 1. The van der Waals surface area contributed by atoms with Crippen molar-refractivity contribution >= 4 is 23.3 Å². The first-order chi connectivity index (χ1) is 7.77. The second kappa shape index (κ2) is 4.69. The maximum absolute atomic E-state index is 9.24. The van der Waals surface area contributed by atoms with Crippen LogP contribution >= 0.6 is 12.2 Å². The molecule has 2 heterocycles. The molecule has 2 aromatic heterocycles. The molecule has 2 rings (SSSR count). The van der Waals surface area contributed by atoms with E-state index in [1.54, 1.807) is 10.9 Å². The zero-order chi connectivity index (χ0) is 11.5. The molecule has 0 amide bonds. The van der Waals surface area contributed by atoms with Crippen molar-refractivity contribution in [1.82, 2.24) is 19.7 Å². The molecule has 0 aliphatic carbocycles. The van der Waals surface area contributed by atoms with Crippen molar-refractivity contribution in [3.8, 4) is 0 Å². The number of hydrogen-bond donors (Lipinski definition) is 3. The minimum Gasteiger partial charge on any atom is -0.396 e. The Morgan fingerprint density at radius 2 is 2.31 bits per heavy atom. The predicted molar refractivity (Wildman–Crippen MR) is 60.5 cm³/mol. The van der Waals surface area contributed by atoms with Gasteiger partial charge in [0, 0.05) is 6.61 Å². The Balaban J connectivity index is 2.56. The van der Waals surface area contributed by atoms with Gasteiger partial charge in [0.05, 0.1) is 30.7 Å². The molecule has 0 fully saturated rings. The number of aromatic amines is 1. The van der Waals surface area contributed by atoms with Crippen LogP contribution in [0.5, 0.6) is 0 Å². The number of aliphatic hydroxyl groups is 2. The van der Waals surface area contributed by atoms with Crippen LogP contribution < -0.4 is 0 Å². The van der Waals surface area contributed by atoms with Crippen molar-refractivity contribution in [1.29, 1.82) is 0 Å². The van der Waals surface area contributed by atoms with Crippen molar-refractivity contribution in [3.63, 3.8) is 0 Å². The maximum atomic E-state index is 9.24. The Morgan fingerprint density at radius 3 is 3.00 bits per heavy atom. The second-order valence-corrected chi connectivity index (χ2v) is 3.79. The average molecular weight is 240 g/mol. The lowest BCUT2D eigenvalue weighted by molar-refractivity contribution is 0.181. The topological polar surface area (TPSA) is 87.0 Å². The first-order valence-electron chi connectivity index (χ1n) is 4.90. The highest BCUT2D eigenvalue weighted by Crippen LogP contribution is 2.18. The van der Waals surface area contributed by atoms with E-state index in [9.17, 15) is 5.11 Å². The Labute approximate surface area is 96.6 Å². The van der Waals surface area contributed by atoms with E-state index < -0.39 is 0 Å². The zero-order valence-corrected chi connectivity index (χ0v) is 9.31. The Morgan fingerprint density at radius 1 is 1.50 bits per heavy atom. The van der Waals surface area contributed by atoms with Gasteiger partial charge >= 0.3 is 0 Å². The zero-order valence-electron chi connectivity index (χ0n) is 8.50. The standard InChI is InChI=1S/C9H12N4O2S/c14-2-1-6(4-15)13-8-7(3-12-13)10-5-11-9(8)16/h3,5-6,14-15H,1-2,4H2,(H,10,11,16). The summed E-state index contributed by atoms with van der Waals surface area (Å²) in [4.78, 5) is 6.90. The molecule has 2 aromatic rings. The van der Waals surface area contributed by atoms with Crippen LogP contribution in [0, 0.1) is 4.64 Å². The lowest BCUT2D eigenvalue weighted by Gasteiger charge is -2.14. The summed E-state index contributed by atoms with van der Waals surface area (Å²) < 4.78 is 2.04. The lowest BCUT2D eigenvalue weighted by atomic mass is 10.2. The number of aliphatic hydroxyl groups excluding tert-OH is 2. The molecule has 7 heteroatoms. The van der Waals surface area contributed by atoms with Crippen molar-refractivity contribution in [2.75, 3.05) is 13.2 Å². The third-order valence-corrected chi connectivity index (χ3v) is 2.72. The molecule has 3 N–H and O–H groups in total. The van der Waals surface area contributed by atoms with E-state index in [0.717, 1.165) is 5.52 Å². The maximum Gasteiger partial charge on any atom is 0.155 e. The summed E-state index contributed by atoms with van der Waals surface area (Å²) in [5.74, 6) is 0. The average Bonchev–Trinajstić information content (AvgIpc) is 2.71. The third-order valence-electron chi connectivity index (χ3n) is 2.42. The fraction of sp³-hybridized carbons (Fsp3) is 0.444. The summed E-state index contributed by atoms with van der Waals surface area (Å²) in [5.41, 5.74) is 1.46. The van der Waals surface area contributed by atoms with Crippen LogP contribution in [0.15, 0.2) is 12.5 Å². The molecular formula is C9H12N4O2S. The van der Waals surface area contributed by atoms with Gasteiger partial charge in [-0.1, -0.05) is 12.2 Å². The fourth-order valence-corrected chi connectivity index (χ4v) is 1.88. The molecule has 0 aromatic carbocycles. The molecule has 16 heavy (non-hydrogen) atoms. The molecule has 0 radical (unpaired) electrons. The van der Waals surface area contributed by atoms with Crippen molar-refractivity contribution in [3.05, 3.63) is 17.2 Å². The van der Waals surface area contributed by atoms with Gasteiger partial charge in [-0.2, -0.15) is 5.10 Å². The van der Waals surface area contributed by atoms with E-state index >= 15 is 0 Å². The third kappa shape index (κ3) is 1.84. The minimum atomic E-state index is -0.276. The molecule has 0 saturated carbocycles. The van der Waals surface area contributed by atoms with Crippen molar-refractivity contribution < 1.29 is 10.2 Å². The molecular weight excluding hydrogens is 228 g/mol. The van der Waals surface area contributed by atoms with Gasteiger partial charge in [0.2, 0.25) is 0 Å². The van der Waals surface area contributed by atoms with Gasteiger partial charge in [-0.05, 0) is 6.42 Å². The van der Waals surface area contributed by atoms with E-state index in [2.05, 4.69) is 15.1 Å². The van der Waals surface area contributed by atoms with Gasteiger partial charge < -0.3 is 15.2 Å². The fourth-order valence-electron chi connectivity index (χ4n) is 1.62. The monoisotopic (exact) mass is 240 g/mol. The first-order valence-corrected chi connectivity index (χ1v) is 5.31. The quantitative estimate of drug-likeness (QED) is 0.674. The number of fused-ring (bicyclic) bond motifs is 1. The predicted octanol–water partition coefficient (Wildman–Crippen LogP) is 0.405. The summed E-state index contributed by atoms with van der Waals surface area (Å²) in [5, 5.41) is 22.3. The second-order valence-electron chi connectivity index (χ2n) is 3.41. The molecule has 0 aliphatic rings. The van der Waals surface area contributed by atoms with Crippen molar-refractivity contribution in [2.24, 2.45) is 0 Å². The molecule has 0 saturated heterocycles. The van der Waals surface area contributed by atoms with E-state index in [4.69, 9.17) is 17.3 Å².